The first-order valence-corrected chi connectivity index (χ1v) is 9.28. The number of aromatic nitrogens is 2. The molecule has 0 atom stereocenters. The van der Waals surface area contributed by atoms with Gasteiger partial charge >= 0.3 is 5.97 Å². The van der Waals surface area contributed by atoms with E-state index in [1.54, 1.807) is 31.2 Å². The van der Waals surface area contributed by atoms with Crippen LogP contribution in [0.25, 0.3) is 0 Å². The highest BCUT2D eigenvalue weighted by molar-refractivity contribution is 7.92. The standard InChI is InChI=1S/C16H21N3O4S/c1-3-5-6-12-7-9-13(10-8-12)24(21,22)19-15-14(11-17-18-15)16(20)23-4-2/h7-11H,3-6H2,1-2H3,(H2,17,18,19). The predicted molar refractivity (Wildman–Crippen MR) is 90.4 cm³/mol. The Balaban J connectivity index is 2.17. The summed E-state index contributed by atoms with van der Waals surface area (Å²) in [6.45, 7) is 3.96. The second kappa shape index (κ2) is 7.96. The van der Waals surface area contributed by atoms with Crippen molar-refractivity contribution in [3.63, 3.8) is 0 Å². The van der Waals surface area contributed by atoms with Crippen LogP contribution in [0.1, 0.15) is 42.6 Å². The minimum absolute atomic E-state index is 0.0106. The number of sulfonamides is 1. The summed E-state index contributed by atoms with van der Waals surface area (Å²) >= 11 is 0. The number of aryl methyl sites for hydroxylation is 1. The second-order valence-corrected chi connectivity index (χ2v) is 6.91. The Kier molecular flexibility index (Phi) is 5.97. The first-order chi connectivity index (χ1) is 11.5. The molecule has 0 bridgehead atoms. The van der Waals surface area contributed by atoms with Gasteiger partial charge < -0.3 is 4.74 Å². The third-order valence-corrected chi connectivity index (χ3v) is 4.79. The maximum absolute atomic E-state index is 12.4. The third kappa shape index (κ3) is 4.35. The number of carbonyl (C=O) groups excluding carboxylic acids is 1. The quantitative estimate of drug-likeness (QED) is 0.712. The van der Waals surface area contributed by atoms with Gasteiger partial charge in [-0.1, -0.05) is 25.5 Å². The lowest BCUT2D eigenvalue weighted by molar-refractivity contribution is 0.0527. The molecule has 0 fully saturated rings. The minimum atomic E-state index is -3.82. The number of nitrogens with one attached hydrogen (secondary N) is 2. The molecule has 0 saturated heterocycles. The van der Waals surface area contributed by atoms with Crippen LogP contribution in [0.15, 0.2) is 35.4 Å². The van der Waals surface area contributed by atoms with Crippen LogP contribution in [0, 0.1) is 0 Å². The lowest BCUT2D eigenvalue weighted by atomic mass is 10.1. The molecule has 7 nitrogen and oxygen atoms in total. The van der Waals surface area contributed by atoms with Crippen molar-refractivity contribution in [1.29, 1.82) is 0 Å². The van der Waals surface area contributed by atoms with E-state index in [1.807, 2.05) is 0 Å². The molecule has 24 heavy (non-hydrogen) atoms. The second-order valence-electron chi connectivity index (χ2n) is 5.23. The summed E-state index contributed by atoms with van der Waals surface area (Å²) in [6, 6.07) is 6.69. The summed E-state index contributed by atoms with van der Waals surface area (Å²) in [5.41, 5.74) is 1.13. The van der Waals surface area contributed by atoms with Crippen molar-refractivity contribution in [3.8, 4) is 0 Å². The van der Waals surface area contributed by atoms with E-state index in [-0.39, 0.29) is 22.9 Å². The zero-order valence-corrected chi connectivity index (χ0v) is 14.5. The summed E-state index contributed by atoms with van der Waals surface area (Å²) in [6.07, 6.45) is 4.28. The number of nitrogens with zero attached hydrogens (tertiary/aromatic N) is 1. The molecule has 0 aliphatic carbocycles. The number of unbranched alkanes of at least 4 members (excludes halogenated alkanes) is 1. The third-order valence-electron chi connectivity index (χ3n) is 3.42. The molecule has 2 N–H and O–H groups in total. The highest BCUT2D eigenvalue weighted by Crippen LogP contribution is 2.19. The van der Waals surface area contributed by atoms with Crippen molar-refractivity contribution in [2.24, 2.45) is 0 Å². The number of H-pyrrole nitrogens is 1. The number of esters is 1. The first-order valence-electron chi connectivity index (χ1n) is 7.80. The molecule has 0 unspecified atom stereocenters. The molecule has 0 amide bonds. The molecular weight excluding hydrogens is 330 g/mol. The summed E-state index contributed by atoms with van der Waals surface area (Å²) in [7, 11) is -3.82. The SMILES string of the molecule is CCCCc1ccc(S(=O)(=O)Nc2[nH]ncc2C(=O)OCC)cc1. The Morgan fingerprint density at radius 1 is 1.25 bits per heavy atom. The molecule has 0 aliphatic rings. The van der Waals surface area contributed by atoms with E-state index < -0.39 is 16.0 Å². The van der Waals surface area contributed by atoms with E-state index >= 15 is 0 Å². The molecule has 0 radical (unpaired) electrons. The number of aromatic amines is 1. The van der Waals surface area contributed by atoms with Crippen molar-refractivity contribution in [1.82, 2.24) is 10.2 Å². The molecule has 1 aromatic heterocycles. The molecule has 8 heteroatoms. The van der Waals surface area contributed by atoms with Gasteiger partial charge in [-0.25, -0.2) is 13.2 Å². The highest BCUT2D eigenvalue weighted by atomic mass is 32.2. The van der Waals surface area contributed by atoms with Crippen LogP contribution in [0.3, 0.4) is 0 Å². The fourth-order valence-corrected chi connectivity index (χ4v) is 3.17. The fraction of sp³-hybridized carbons (Fsp3) is 0.375. The predicted octanol–water partition coefficient (Wildman–Crippen LogP) is 2.73. The smallest absolute Gasteiger partial charge is 0.343 e. The molecular formula is C16H21N3O4S. The number of hydrogen-bond donors (Lipinski definition) is 2. The molecule has 0 spiro atoms. The molecule has 130 valence electrons. The van der Waals surface area contributed by atoms with Gasteiger partial charge in [0.1, 0.15) is 11.4 Å². The molecule has 1 heterocycles. The van der Waals surface area contributed by atoms with Crippen LogP contribution >= 0.6 is 0 Å². The minimum Gasteiger partial charge on any atom is -0.462 e. The van der Waals surface area contributed by atoms with Gasteiger partial charge in [-0.3, -0.25) is 9.82 Å². The Bertz CT molecular complexity index is 782. The molecule has 0 saturated carbocycles. The lowest BCUT2D eigenvalue weighted by Gasteiger charge is -2.09. The number of benzene rings is 1. The zero-order valence-electron chi connectivity index (χ0n) is 13.7. The topological polar surface area (TPSA) is 101 Å². The van der Waals surface area contributed by atoms with Crippen LogP contribution in [-0.2, 0) is 21.2 Å². The van der Waals surface area contributed by atoms with E-state index in [4.69, 9.17) is 4.74 Å². The normalized spacial score (nSPS) is 11.2. The van der Waals surface area contributed by atoms with Crippen molar-refractivity contribution >= 4 is 21.8 Å². The Morgan fingerprint density at radius 2 is 1.96 bits per heavy atom. The van der Waals surface area contributed by atoms with Crippen molar-refractivity contribution in [3.05, 3.63) is 41.6 Å². The maximum Gasteiger partial charge on any atom is 0.343 e. The van der Waals surface area contributed by atoms with Crippen molar-refractivity contribution < 1.29 is 17.9 Å². The van der Waals surface area contributed by atoms with Gasteiger partial charge in [-0.05, 0) is 37.5 Å². The fourth-order valence-electron chi connectivity index (χ4n) is 2.14. The average molecular weight is 351 g/mol. The number of rotatable bonds is 8. The molecule has 2 aromatic rings. The van der Waals surface area contributed by atoms with Gasteiger partial charge in [0.15, 0.2) is 0 Å². The van der Waals surface area contributed by atoms with E-state index in [0.717, 1.165) is 24.8 Å². The van der Waals surface area contributed by atoms with E-state index in [9.17, 15) is 13.2 Å². The number of ether oxygens (including phenoxy) is 1. The molecule has 0 aliphatic heterocycles. The largest absolute Gasteiger partial charge is 0.462 e. The zero-order chi connectivity index (χ0) is 17.6. The number of carbonyl (C=O) groups is 1. The monoisotopic (exact) mass is 351 g/mol. The Morgan fingerprint density at radius 3 is 2.58 bits per heavy atom. The first kappa shape index (κ1) is 18.0. The van der Waals surface area contributed by atoms with Crippen LogP contribution in [0.5, 0.6) is 0 Å². The van der Waals surface area contributed by atoms with Crippen LogP contribution in [-0.4, -0.2) is 31.2 Å². The van der Waals surface area contributed by atoms with Gasteiger partial charge in [0, 0.05) is 0 Å². The van der Waals surface area contributed by atoms with E-state index in [1.165, 1.54) is 6.20 Å². The summed E-state index contributed by atoms with van der Waals surface area (Å²) in [5, 5.41) is 6.17. The average Bonchev–Trinajstić information content (AvgIpc) is 3.01. The summed E-state index contributed by atoms with van der Waals surface area (Å²) in [5.74, 6) is -0.651. The van der Waals surface area contributed by atoms with Crippen molar-refractivity contribution in [2.75, 3.05) is 11.3 Å². The Labute approximate surface area is 141 Å². The van der Waals surface area contributed by atoms with Gasteiger partial charge in [-0.2, -0.15) is 5.10 Å². The van der Waals surface area contributed by atoms with E-state index in [0.29, 0.717) is 0 Å². The van der Waals surface area contributed by atoms with Crippen LogP contribution < -0.4 is 4.72 Å². The van der Waals surface area contributed by atoms with E-state index in [2.05, 4.69) is 21.8 Å². The van der Waals surface area contributed by atoms with Gasteiger partial charge in [0.2, 0.25) is 0 Å². The summed E-state index contributed by atoms with van der Waals surface area (Å²) < 4.78 is 32.1. The van der Waals surface area contributed by atoms with Crippen LogP contribution in [0.4, 0.5) is 5.82 Å². The number of anilines is 1. The summed E-state index contributed by atoms with van der Waals surface area (Å²) in [4.78, 5) is 11.9. The van der Waals surface area contributed by atoms with Gasteiger partial charge in [0.25, 0.3) is 10.0 Å². The van der Waals surface area contributed by atoms with Gasteiger partial charge in [0.05, 0.1) is 17.7 Å². The number of hydrogen-bond acceptors (Lipinski definition) is 5. The molecule has 2 rings (SSSR count). The van der Waals surface area contributed by atoms with Crippen LogP contribution in [0.2, 0.25) is 0 Å². The molecule has 1 aromatic carbocycles. The van der Waals surface area contributed by atoms with Gasteiger partial charge in [-0.15, -0.1) is 0 Å². The lowest BCUT2D eigenvalue weighted by Crippen LogP contribution is -2.16. The van der Waals surface area contributed by atoms with Crippen molar-refractivity contribution in [2.45, 2.75) is 38.0 Å². The maximum atomic E-state index is 12.4. The Hall–Kier alpha value is -2.35. The highest BCUT2D eigenvalue weighted by Gasteiger charge is 2.21.